The highest BCUT2D eigenvalue weighted by atomic mass is 32.2. The van der Waals surface area contributed by atoms with Gasteiger partial charge in [0.25, 0.3) is 0 Å². The first-order valence-corrected chi connectivity index (χ1v) is 7.28. The van der Waals surface area contributed by atoms with E-state index in [1.807, 2.05) is 0 Å². The SMILES string of the molecule is CN1CCN(CCSc2nnnn2CCN)CC1. The number of likely N-dealkylation sites (N-methyl/N-ethyl adjacent to an activating group) is 1. The molecule has 1 aromatic heterocycles. The summed E-state index contributed by atoms with van der Waals surface area (Å²) in [5.74, 6) is 1.02. The fourth-order valence-corrected chi connectivity index (χ4v) is 2.80. The van der Waals surface area contributed by atoms with Gasteiger partial charge in [-0.3, -0.25) is 4.90 Å². The Balaban J connectivity index is 1.70. The molecular formula is C10H21N7S. The Labute approximate surface area is 112 Å². The van der Waals surface area contributed by atoms with Gasteiger partial charge in [0.05, 0.1) is 6.54 Å². The standard InChI is InChI=1S/C10H21N7S/c1-15-4-6-16(7-5-15)8-9-18-10-12-13-14-17(10)3-2-11/h2-9,11H2,1H3. The lowest BCUT2D eigenvalue weighted by Gasteiger charge is -2.32. The van der Waals surface area contributed by atoms with Crippen molar-refractivity contribution in [3.63, 3.8) is 0 Å². The molecule has 102 valence electrons. The van der Waals surface area contributed by atoms with Crippen molar-refractivity contribution in [3.05, 3.63) is 0 Å². The monoisotopic (exact) mass is 271 g/mol. The minimum Gasteiger partial charge on any atom is -0.329 e. The number of nitrogens with two attached hydrogens (primary N) is 1. The van der Waals surface area contributed by atoms with Crippen LogP contribution < -0.4 is 5.73 Å². The fraction of sp³-hybridized carbons (Fsp3) is 0.900. The van der Waals surface area contributed by atoms with E-state index < -0.39 is 0 Å². The summed E-state index contributed by atoms with van der Waals surface area (Å²) in [7, 11) is 2.17. The van der Waals surface area contributed by atoms with E-state index in [1.54, 1.807) is 16.4 Å². The zero-order valence-electron chi connectivity index (χ0n) is 10.8. The zero-order chi connectivity index (χ0) is 12.8. The fourth-order valence-electron chi connectivity index (χ4n) is 1.90. The van der Waals surface area contributed by atoms with Crippen LogP contribution in [0.5, 0.6) is 0 Å². The van der Waals surface area contributed by atoms with Crippen LogP contribution >= 0.6 is 11.8 Å². The predicted molar refractivity (Wildman–Crippen MR) is 71.5 cm³/mol. The Bertz CT molecular complexity index is 348. The number of nitrogens with zero attached hydrogens (tertiary/aromatic N) is 6. The maximum absolute atomic E-state index is 5.51. The quantitative estimate of drug-likeness (QED) is 0.663. The molecule has 2 N–H and O–H groups in total. The summed E-state index contributed by atoms with van der Waals surface area (Å²) in [5, 5.41) is 12.5. The lowest BCUT2D eigenvalue weighted by molar-refractivity contribution is 0.161. The van der Waals surface area contributed by atoms with E-state index in [9.17, 15) is 0 Å². The average molecular weight is 271 g/mol. The Hall–Kier alpha value is -0.700. The van der Waals surface area contributed by atoms with Crippen molar-refractivity contribution in [2.75, 3.05) is 52.1 Å². The second-order valence-corrected chi connectivity index (χ2v) is 5.53. The highest BCUT2D eigenvalue weighted by Crippen LogP contribution is 2.13. The molecular weight excluding hydrogens is 250 g/mol. The molecule has 0 saturated carbocycles. The van der Waals surface area contributed by atoms with Crippen LogP contribution in [-0.4, -0.2) is 82.1 Å². The highest BCUT2D eigenvalue weighted by Gasteiger charge is 2.14. The Morgan fingerprint density at radius 1 is 1.22 bits per heavy atom. The molecule has 18 heavy (non-hydrogen) atoms. The molecule has 1 aliphatic heterocycles. The highest BCUT2D eigenvalue weighted by molar-refractivity contribution is 7.99. The number of hydrogen-bond donors (Lipinski definition) is 1. The molecule has 1 aromatic rings. The molecule has 1 fully saturated rings. The van der Waals surface area contributed by atoms with Crippen molar-refractivity contribution in [2.24, 2.45) is 5.73 Å². The topological polar surface area (TPSA) is 76.1 Å². The number of hydrogen-bond acceptors (Lipinski definition) is 7. The van der Waals surface area contributed by atoms with Gasteiger partial charge in [0.2, 0.25) is 5.16 Å². The number of thioether (sulfide) groups is 1. The maximum Gasteiger partial charge on any atom is 0.209 e. The van der Waals surface area contributed by atoms with Crippen molar-refractivity contribution < 1.29 is 0 Å². The summed E-state index contributed by atoms with van der Waals surface area (Å²) < 4.78 is 1.77. The molecule has 0 unspecified atom stereocenters. The molecule has 8 heteroatoms. The van der Waals surface area contributed by atoms with Crippen LogP contribution in [0.4, 0.5) is 0 Å². The second kappa shape index (κ2) is 7.03. The van der Waals surface area contributed by atoms with Crippen molar-refractivity contribution in [1.82, 2.24) is 30.0 Å². The number of rotatable bonds is 6. The lowest BCUT2D eigenvalue weighted by Crippen LogP contribution is -2.45. The summed E-state index contributed by atoms with van der Waals surface area (Å²) >= 11 is 1.70. The molecule has 2 heterocycles. The van der Waals surface area contributed by atoms with Crippen molar-refractivity contribution in [3.8, 4) is 0 Å². The van der Waals surface area contributed by atoms with E-state index >= 15 is 0 Å². The minimum atomic E-state index is 0.567. The zero-order valence-corrected chi connectivity index (χ0v) is 11.6. The van der Waals surface area contributed by atoms with Gasteiger partial charge in [-0.15, -0.1) is 5.10 Å². The third kappa shape index (κ3) is 3.91. The summed E-state index contributed by atoms with van der Waals surface area (Å²) in [5.41, 5.74) is 5.51. The van der Waals surface area contributed by atoms with Crippen LogP contribution in [0.25, 0.3) is 0 Å². The van der Waals surface area contributed by atoms with Gasteiger partial charge >= 0.3 is 0 Å². The third-order valence-electron chi connectivity index (χ3n) is 3.07. The van der Waals surface area contributed by atoms with Crippen LogP contribution in [-0.2, 0) is 6.54 Å². The average Bonchev–Trinajstić information content (AvgIpc) is 2.80. The summed E-state index contributed by atoms with van der Waals surface area (Å²) in [6, 6.07) is 0. The maximum atomic E-state index is 5.51. The molecule has 0 aromatic carbocycles. The molecule has 1 aliphatic rings. The summed E-state index contributed by atoms with van der Waals surface area (Å²) in [4.78, 5) is 4.86. The van der Waals surface area contributed by atoms with Gasteiger partial charge in [-0.2, -0.15) is 0 Å². The van der Waals surface area contributed by atoms with E-state index in [1.165, 1.54) is 0 Å². The number of piperazine rings is 1. The van der Waals surface area contributed by atoms with Gasteiger partial charge in [-0.1, -0.05) is 11.8 Å². The first-order chi connectivity index (χ1) is 8.79. The van der Waals surface area contributed by atoms with Gasteiger partial charge in [0.1, 0.15) is 0 Å². The van der Waals surface area contributed by atoms with Gasteiger partial charge in [-0.25, -0.2) is 4.68 Å². The van der Waals surface area contributed by atoms with E-state index in [0.29, 0.717) is 13.1 Å². The molecule has 0 bridgehead atoms. The van der Waals surface area contributed by atoms with Crippen LogP contribution in [0.2, 0.25) is 0 Å². The molecule has 0 atom stereocenters. The molecule has 7 nitrogen and oxygen atoms in total. The van der Waals surface area contributed by atoms with Gasteiger partial charge in [0, 0.05) is 45.0 Å². The Morgan fingerprint density at radius 3 is 2.72 bits per heavy atom. The molecule has 2 rings (SSSR count). The van der Waals surface area contributed by atoms with Gasteiger partial charge in [0.15, 0.2) is 0 Å². The van der Waals surface area contributed by atoms with Crippen molar-refractivity contribution in [1.29, 1.82) is 0 Å². The van der Waals surface area contributed by atoms with Crippen molar-refractivity contribution >= 4 is 11.8 Å². The van der Waals surface area contributed by atoms with E-state index in [0.717, 1.165) is 43.6 Å². The Kier molecular flexibility index (Phi) is 5.36. The first-order valence-electron chi connectivity index (χ1n) is 6.29. The summed E-state index contributed by atoms with van der Waals surface area (Å²) in [6.45, 7) is 6.98. The van der Waals surface area contributed by atoms with E-state index in [-0.39, 0.29) is 0 Å². The molecule has 0 spiro atoms. The van der Waals surface area contributed by atoms with E-state index in [4.69, 9.17) is 5.73 Å². The van der Waals surface area contributed by atoms with Gasteiger partial charge in [-0.05, 0) is 17.5 Å². The van der Waals surface area contributed by atoms with Crippen LogP contribution in [0, 0.1) is 0 Å². The third-order valence-corrected chi connectivity index (χ3v) is 4.01. The molecule has 1 saturated heterocycles. The molecule has 0 amide bonds. The smallest absolute Gasteiger partial charge is 0.209 e. The molecule has 0 radical (unpaired) electrons. The minimum absolute atomic E-state index is 0.567. The largest absolute Gasteiger partial charge is 0.329 e. The van der Waals surface area contributed by atoms with E-state index in [2.05, 4.69) is 32.4 Å². The van der Waals surface area contributed by atoms with Crippen LogP contribution in [0.3, 0.4) is 0 Å². The first kappa shape index (κ1) is 13.7. The number of tetrazole rings is 1. The molecule has 0 aliphatic carbocycles. The normalized spacial score (nSPS) is 18.3. The van der Waals surface area contributed by atoms with Crippen LogP contribution in [0.1, 0.15) is 0 Å². The van der Waals surface area contributed by atoms with Crippen LogP contribution in [0.15, 0.2) is 5.16 Å². The van der Waals surface area contributed by atoms with Gasteiger partial charge < -0.3 is 10.6 Å². The summed E-state index contributed by atoms with van der Waals surface area (Å²) in [6.07, 6.45) is 0. The van der Waals surface area contributed by atoms with Crippen molar-refractivity contribution in [2.45, 2.75) is 11.7 Å². The predicted octanol–water partition coefficient (Wildman–Crippen LogP) is -1.03. The lowest BCUT2D eigenvalue weighted by atomic mass is 10.3. The Morgan fingerprint density at radius 2 is 2.00 bits per heavy atom. The number of aromatic nitrogens is 4. The second-order valence-electron chi connectivity index (χ2n) is 4.47.